The van der Waals surface area contributed by atoms with E-state index in [2.05, 4.69) is 4.98 Å². The molecule has 2 aromatic carbocycles. The predicted octanol–water partition coefficient (Wildman–Crippen LogP) is 3.84. The predicted molar refractivity (Wildman–Crippen MR) is 114 cm³/mol. The normalized spacial score (nSPS) is 11.3. The van der Waals surface area contributed by atoms with Crippen LogP contribution < -0.4 is 22.5 Å². The van der Waals surface area contributed by atoms with Gasteiger partial charge in [-0.15, -0.1) is 11.3 Å². The number of halogens is 1. The molecule has 0 aliphatic carbocycles. The molecular formula is C20H8ClNO8S. The number of H-pyrrole nitrogens is 1. The van der Waals surface area contributed by atoms with Crippen LogP contribution in [-0.2, 0) is 0 Å². The summed E-state index contributed by atoms with van der Waals surface area (Å²) in [6.45, 7) is 0. The van der Waals surface area contributed by atoms with E-state index in [-0.39, 0.29) is 21.4 Å². The SMILES string of the molecule is O=c1cc(Cl)c(=O)oc2c3[nH]c4ccccc4sc3c3oc(=O)ccc(=O)oc3c2o1. The van der Waals surface area contributed by atoms with Gasteiger partial charge in [0.15, 0.2) is 5.58 Å². The van der Waals surface area contributed by atoms with Crippen molar-refractivity contribution in [1.82, 2.24) is 4.98 Å². The molecule has 0 unspecified atom stereocenters. The zero-order chi connectivity index (χ0) is 21.7. The zero-order valence-corrected chi connectivity index (χ0v) is 16.7. The van der Waals surface area contributed by atoms with Crippen molar-refractivity contribution in [3.8, 4) is 0 Å². The highest BCUT2D eigenvalue weighted by Gasteiger charge is 2.19. The smallest absolute Gasteiger partial charge is 0.355 e. The molecule has 0 saturated carbocycles. The second-order valence-corrected chi connectivity index (χ2v) is 7.68. The van der Waals surface area contributed by atoms with Crippen LogP contribution in [0.4, 0.5) is 0 Å². The third-order valence-corrected chi connectivity index (χ3v) is 5.67. The van der Waals surface area contributed by atoms with Gasteiger partial charge in [0.1, 0.15) is 15.2 Å². The summed E-state index contributed by atoms with van der Waals surface area (Å²) < 4.78 is 22.3. The molecule has 11 heteroatoms. The van der Waals surface area contributed by atoms with Crippen molar-refractivity contribution in [2.24, 2.45) is 0 Å². The Bertz CT molecular complexity index is 1850. The molecule has 0 amide bonds. The number of hydrogen-bond donors (Lipinski definition) is 1. The van der Waals surface area contributed by atoms with Gasteiger partial charge in [0, 0.05) is 18.2 Å². The lowest BCUT2D eigenvalue weighted by atomic mass is 10.2. The topological polar surface area (TPSA) is 137 Å². The van der Waals surface area contributed by atoms with E-state index in [0.29, 0.717) is 11.6 Å². The van der Waals surface area contributed by atoms with Gasteiger partial charge in [-0.05, 0) is 12.1 Å². The fourth-order valence-electron chi connectivity index (χ4n) is 2.97. The molecule has 5 rings (SSSR count). The number of hydrogen-bond acceptors (Lipinski definition) is 9. The Kier molecular flexibility index (Phi) is 4.38. The standard InChI is InChI=1S/C20H8ClNO8S/c21-8-7-13(25)29-16-15(30-20(8)26)14-19(31-10-4-2-1-3-9(10)22-14)18-17(16)27-11(23)5-6-12(24)28-18/h1-7,22H. The third-order valence-electron chi connectivity index (χ3n) is 4.24. The van der Waals surface area contributed by atoms with E-state index in [4.69, 9.17) is 29.3 Å². The molecule has 3 aromatic heterocycles. The first-order chi connectivity index (χ1) is 14.9. The molecular weight excluding hydrogens is 450 g/mol. The van der Waals surface area contributed by atoms with Crippen molar-refractivity contribution in [2.45, 2.75) is 0 Å². The summed E-state index contributed by atoms with van der Waals surface area (Å²) in [4.78, 5) is 51.9. The summed E-state index contributed by atoms with van der Waals surface area (Å²) in [6, 6.07) is 9.63. The van der Waals surface area contributed by atoms with Crippen molar-refractivity contribution < 1.29 is 17.7 Å². The average molecular weight is 458 g/mol. The molecule has 0 aliphatic heterocycles. The lowest BCUT2D eigenvalue weighted by Crippen LogP contribution is -2.05. The third kappa shape index (κ3) is 3.27. The quantitative estimate of drug-likeness (QED) is 0.346. The van der Waals surface area contributed by atoms with Crippen molar-refractivity contribution in [3.05, 3.63) is 89.2 Å². The molecule has 0 aliphatic rings. The molecule has 0 atom stereocenters. The Hall–Kier alpha value is -3.89. The molecule has 154 valence electrons. The maximum Gasteiger partial charge on any atom is 0.355 e. The van der Waals surface area contributed by atoms with Crippen LogP contribution in [0.5, 0.6) is 0 Å². The number of nitrogens with one attached hydrogen (secondary N) is 1. The number of para-hydroxylation sites is 1. The number of rotatable bonds is 0. The van der Waals surface area contributed by atoms with Crippen LogP contribution >= 0.6 is 22.9 Å². The Morgan fingerprint density at radius 2 is 1.39 bits per heavy atom. The fraction of sp³-hybridized carbons (Fsp3) is 0. The van der Waals surface area contributed by atoms with Crippen molar-refractivity contribution in [2.75, 3.05) is 0 Å². The zero-order valence-electron chi connectivity index (χ0n) is 15.1. The van der Waals surface area contributed by atoms with E-state index < -0.39 is 38.7 Å². The summed E-state index contributed by atoms with van der Waals surface area (Å²) in [7, 11) is 0. The molecule has 5 aromatic rings. The monoisotopic (exact) mass is 457 g/mol. The largest absolute Gasteiger partial charge is 0.418 e. The lowest BCUT2D eigenvalue weighted by Gasteiger charge is -2.06. The summed E-state index contributed by atoms with van der Waals surface area (Å²) in [5.41, 5.74) is -4.24. The highest BCUT2D eigenvalue weighted by atomic mass is 35.5. The summed E-state index contributed by atoms with van der Waals surface area (Å²) in [5.74, 6) is 0. The Balaban J connectivity index is 2.28. The minimum Gasteiger partial charge on any atom is -0.418 e. The van der Waals surface area contributed by atoms with E-state index in [1.54, 1.807) is 24.3 Å². The van der Waals surface area contributed by atoms with Crippen molar-refractivity contribution in [1.29, 1.82) is 0 Å². The van der Waals surface area contributed by atoms with Crippen LogP contribution in [0.2, 0.25) is 5.02 Å². The number of fused-ring (bicyclic) bond motifs is 7. The van der Waals surface area contributed by atoms with Crippen LogP contribution in [-0.4, -0.2) is 4.98 Å². The van der Waals surface area contributed by atoms with Gasteiger partial charge < -0.3 is 22.7 Å². The van der Waals surface area contributed by atoms with Crippen LogP contribution in [0.3, 0.4) is 0 Å². The summed E-state index contributed by atoms with van der Waals surface area (Å²) >= 11 is 6.97. The highest BCUT2D eigenvalue weighted by Crippen LogP contribution is 2.36. The second kappa shape index (κ2) is 7.11. The van der Waals surface area contributed by atoms with E-state index in [9.17, 15) is 19.2 Å². The van der Waals surface area contributed by atoms with Gasteiger partial charge in [-0.25, -0.2) is 19.2 Å². The maximum atomic E-state index is 12.3. The van der Waals surface area contributed by atoms with Crippen LogP contribution in [0.15, 0.2) is 79.3 Å². The molecule has 1 N–H and O–H groups in total. The van der Waals surface area contributed by atoms with Gasteiger partial charge >= 0.3 is 22.5 Å². The summed E-state index contributed by atoms with van der Waals surface area (Å²) in [5, 5.41) is -0.508. The molecule has 3 heterocycles. The molecule has 0 radical (unpaired) electrons. The number of benzene rings is 2. The van der Waals surface area contributed by atoms with Gasteiger partial charge in [0.05, 0.1) is 10.2 Å². The van der Waals surface area contributed by atoms with Crippen molar-refractivity contribution in [3.63, 3.8) is 0 Å². The van der Waals surface area contributed by atoms with E-state index in [1.807, 2.05) is 0 Å². The molecule has 0 saturated heterocycles. The first-order valence-electron chi connectivity index (χ1n) is 8.61. The number of aromatic amines is 1. The molecule has 31 heavy (non-hydrogen) atoms. The molecule has 9 nitrogen and oxygen atoms in total. The molecule has 0 spiro atoms. The maximum absolute atomic E-state index is 12.3. The van der Waals surface area contributed by atoms with Gasteiger partial charge in [-0.1, -0.05) is 23.7 Å². The first kappa shape index (κ1) is 19.1. The van der Waals surface area contributed by atoms with Gasteiger partial charge in [-0.2, -0.15) is 0 Å². The summed E-state index contributed by atoms with van der Waals surface area (Å²) in [6.07, 6.45) is 0. The Morgan fingerprint density at radius 1 is 0.742 bits per heavy atom. The average Bonchev–Trinajstić information content (AvgIpc) is 2.73. The van der Waals surface area contributed by atoms with Crippen molar-refractivity contribution >= 4 is 65.7 Å². The molecule has 0 bridgehead atoms. The second-order valence-electron chi connectivity index (χ2n) is 6.22. The highest BCUT2D eigenvalue weighted by molar-refractivity contribution is 7.25. The van der Waals surface area contributed by atoms with E-state index in [1.165, 1.54) is 11.3 Å². The van der Waals surface area contributed by atoms with E-state index >= 15 is 0 Å². The van der Waals surface area contributed by atoms with Crippen LogP contribution in [0.25, 0.3) is 42.8 Å². The minimum absolute atomic E-state index is 0.165. The minimum atomic E-state index is -1.03. The van der Waals surface area contributed by atoms with Gasteiger partial charge in [0.2, 0.25) is 16.7 Å². The van der Waals surface area contributed by atoms with Gasteiger partial charge in [-0.3, -0.25) is 0 Å². The fourth-order valence-corrected chi connectivity index (χ4v) is 4.16. The Morgan fingerprint density at radius 3 is 2.16 bits per heavy atom. The first-order valence-corrected chi connectivity index (χ1v) is 9.81. The lowest BCUT2D eigenvalue weighted by molar-refractivity contribution is 0.496. The van der Waals surface area contributed by atoms with Crippen LogP contribution in [0.1, 0.15) is 0 Å². The number of aromatic nitrogens is 1. The van der Waals surface area contributed by atoms with E-state index in [0.717, 1.165) is 16.8 Å². The van der Waals surface area contributed by atoms with Crippen LogP contribution in [0, 0.1) is 0 Å². The Labute approximate surface area is 177 Å². The molecule has 0 fully saturated rings. The van der Waals surface area contributed by atoms with Gasteiger partial charge in [0.25, 0.3) is 0 Å².